The predicted octanol–water partition coefficient (Wildman–Crippen LogP) is 2.31. The molecule has 0 radical (unpaired) electrons. The van der Waals surface area contributed by atoms with Crippen molar-refractivity contribution in [2.45, 2.75) is 51.9 Å². The number of nitrogens with one attached hydrogen (secondary N) is 1. The van der Waals surface area contributed by atoms with Gasteiger partial charge < -0.3 is 15.0 Å². The van der Waals surface area contributed by atoms with Crippen LogP contribution >= 0.6 is 0 Å². The summed E-state index contributed by atoms with van der Waals surface area (Å²) in [5, 5.41) is 2.15. The molecule has 130 valence electrons. The van der Waals surface area contributed by atoms with Gasteiger partial charge in [0.2, 0.25) is 5.91 Å². The van der Waals surface area contributed by atoms with E-state index in [0.717, 1.165) is 4.90 Å². The van der Waals surface area contributed by atoms with Crippen LogP contribution in [0.2, 0.25) is 0 Å². The van der Waals surface area contributed by atoms with Gasteiger partial charge in [0.25, 0.3) is 0 Å². The van der Waals surface area contributed by atoms with E-state index in [0.29, 0.717) is 0 Å². The maximum atomic E-state index is 13.5. The second-order valence-electron chi connectivity index (χ2n) is 6.59. The van der Waals surface area contributed by atoms with E-state index in [4.69, 9.17) is 11.2 Å². The van der Waals surface area contributed by atoms with Gasteiger partial charge in [-0.3, -0.25) is 4.79 Å². The highest BCUT2D eigenvalue weighted by molar-refractivity contribution is 5.86. The van der Waals surface area contributed by atoms with Gasteiger partial charge in [-0.15, -0.1) is 6.42 Å². The molecule has 1 aliphatic heterocycles. The van der Waals surface area contributed by atoms with Crippen LogP contribution in [-0.4, -0.2) is 47.8 Å². The van der Waals surface area contributed by atoms with Gasteiger partial charge in [-0.1, -0.05) is 5.92 Å². The summed E-state index contributed by atoms with van der Waals surface area (Å²) in [7, 11) is 0. The van der Waals surface area contributed by atoms with Crippen LogP contribution in [0.3, 0.4) is 0 Å². The van der Waals surface area contributed by atoms with Gasteiger partial charge in [-0.25, -0.2) is 4.79 Å². The molecule has 0 bridgehead atoms. The number of carbonyl (C=O) groups is 2. The van der Waals surface area contributed by atoms with Crippen LogP contribution in [0.25, 0.3) is 0 Å². The van der Waals surface area contributed by atoms with Crippen LogP contribution in [0.5, 0.6) is 0 Å². The number of amides is 2. The number of nitrogens with zero attached hydrogens (tertiary/aromatic N) is 1. The van der Waals surface area contributed by atoms with Gasteiger partial charge in [0.05, 0.1) is 6.04 Å². The van der Waals surface area contributed by atoms with Crippen molar-refractivity contribution in [3.8, 4) is 12.3 Å². The summed E-state index contributed by atoms with van der Waals surface area (Å²) in [4.78, 5) is 25.0. The topological polar surface area (TPSA) is 58.6 Å². The van der Waals surface area contributed by atoms with Crippen molar-refractivity contribution in [1.29, 1.82) is 0 Å². The number of rotatable bonds is 2. The minimum atomic E-state index is -4.80. The van der Waals surface area contributed by atoms with Gasteiger partial charge in [0, 0.05) is 13.1 Å². The Morgan fingerprint density at radius 2 is 1.91 bits per heavy atom. The van der Waals surface area contributed by atoms with Crippen LogP contribution in [0.15, 0.2) is 0 Å². The molecule has 2 amide bonds. The molecular formula is C15H21F3N2O3. The molecule has 1 N–H and O–H groups in total. The highest BCUT2D eigenvalue weighted by Crippen LogP contribution is 2.46. The Balaban J connectivity index is 2.98. The number of ether oxygens (including phenoxy) is 1. The van der Waals surface area contributed by atoms with E-state index in [1.807, 2.05) is 0 Å². The minimum Gasteiger partial charge on any atom is -0.444 e. The number of likely N-dealkylation sites (tertiary alicyclic amines) is 1. The number of hydrogen-bond acceptors (Lipinski definition) is 3. The normalized spacial score (nSPS) is 23.1. The average Bonchev–Trinajstić information content (AvgIpc) is 2.82. The molecular weight excluding hydrogens is 313 g/mol. The van der Waals surface area contributed by atoms with Crippen LogP contribution < -0.4 is 5.32 Å². The van der Waals surface area contributed by atoms with E-state index in [1.165, 1.54) is 6.92 Å². The first-order chi connectivity index (χ1) is 10.3. The van der Waals surface area contributed by atoms with Crippen molar-refractivity contribution >= 4 is 12.0 Å². The Morgan fingerprint density at radius 1 is 1.35 bits per heavy atom. The maximum absolute atomic E-state index is 13.5. The van der Waals surface area contributed by atoms with Crippen molar-refractivity contribution in [3.63, 3.8) is 0 Å². The molecule has 8 heteroatoms. The number of terminal acetylenes is 1. The summed E-state index contributed by atoms with van der Waals surface area (Å²) in [5.41, 5.74) is -3.50. The number of alkyl halides is 3. The van der Waals surface area contributed by atoms with Crippen molar-refractivity contribution in [3.05, 3.63) is 0 Å². The molecule has 0 aromatic rings. The third kappa shape index (κ3) is 4.30. The van der Waals surface area contributed by atoms with E-state index in [9.17, 15) is 22.8 Å². The first-order valence-corrected chi connectivity index (χ1v) is 7.14. The molecule has 23 heavy (non-hydrogen) atoms. The monoisotopic (exact) mass is 334 g/mol. The van der Waals surface area contributed by atoms with Gasteiger partial charge in [0.15, 0.2) is 5.41 Å². The summed E-state index contributed by atoms with van der Waals surface area (Å²) in [6, 6.07) is -0.836. The molecule has 1 aliphatic rings. The van der Waals surface area contributed by atoms with Crippen molar-refractivity contribution in [2.75, 3.05) is 13.1 Å². The Hall–Kier alpha value is -1.91. The highest BCUT2D eigenvalue weighted by Gasteiger charge is 2.64. The smallest absolute Gasteiger partial charge is 0.410 e. The van der Waals surface area contributed by atoms with Gasteiger partial charge in [-0.2, -0.15) is 13.2 Å². The van der Waals surface area contributed by atoms with Crippen LogP contribution in [0, 0.1) is 17.8 Å². The van der Waals surface area contributed by atoms with Gasteiger partial charge in [0.1, 0.15) is 5.60 Å². The lowest BCUT2D eigenvalue weighted by molar-refractivity contribution is -0.217. The molecule has 1 heterocycles. The third-order valence-corrected chi connectivity index (χ3v) is 3.50. The lowest BCUT2D eigenvalue weighted by Gasteiger charge is -2.31. The van der Waals surface area contributed by atoms with Crippen LogP contribution in [-0.2, 0) is 9.53 Å². The highest BCUT2D eigenvalue weighted by atomic mass is 19.4. The van der Waals surface area contributed by atoms with E-state index in [1.54, 1.807) is 20.8 Å². The first-order valence-electron chi connectivity index (χ1n) is 7.14. The summed E-state index contributed by atoms with van der Waals surface area (Å²) >= 11 is 0. The van der Waals surface area contributed by atoms with Crippen molar-refractivity contribution < 1.29 is 27.5 Å². The fourth-order valence-corrected chi connectivity index (χ4v) is 2.21. The lowest BCUT2D eigenvalue weighted by Crippen LogP contribution is -2.54. The van der Waals surface area contributed by atoms with E-state index >= 15 is 0 Å². The molecule has 0 aromatic heterocycles. The lowest BCUT2D eigenvalue weighted by atomic mass is 9.85. The molecule has 1 rings (SSSR count). The summed E-state index contributed by atoms with van der Waals surface area (Å²) in [6.07, 6.45) is -1.12. The largest absolute Gasteiger partial charge is 0.444 e. The average molecular weight is 334 g/mol. The number of halogens is 3. The predicted molar refractivity (Wildman–Crippen MR) is 77.3 cm³/mol. The molecule has 1 saturated heterocycles. The fraction of sp³-hybridized carbons (Fsp3) is 0.733. The SMILES string of the molecule is C#C[C@@H](C)NC(=O)[C@@]1(C(F)(F)F)CCN(C(=O)OC(C)(C)C)C1. The third-order valence-electron chi connectivity index (χ3n) is 3.50. The van der Waals surface area contributed by atoms with Crippen molar-refractivity contribution in [1.82, 2.24) is 10.2 Å². The molecule has 2 atom stereocenters. The quantitative estimate of drug-likeness (QED) is 0.789. The molecule has 1 fully saturated rings. The Kier molecular flexibility index (Phi) is 5.24. The first kappa shape index (κ1) is 19.1. The molecule has 5 nitrogen and oxygen atoms in total. The molecule has 0 unspecified atom stereocenters. The number of carbonyl (C=O) groups excluding carboxylic acids is 2. The zero-order valence-corrected chi connectivity index (χ0v) is 13.6. The second-order valence-corrected chi connectivity index (χ2v) is 6.59. The Bertz CT molecular complexity index is 520. The Morgan fingerprint density at radius 3 is 2.35 bits per heavy atom. The summed E-state index contributed by atoms with van der Waals surface area (Å²) in [5.74, 6) is 0.928. The fourth-order valence-electron chi connectivity index (χ4n) is 2.21. The van der Waals surface area contributed by atoms with Gasteiger partial charge in [-0.05, 0) is 34.1 Å². The second kappa shape index (κ2) is 6.30. The molecule has 0 saturated carbocycles. The molecule has 0 aliphatic carbocycles. The van der Waals surface area contributed by atoms with Crippen molar-refractivity contribution in [2.24, 2.45) is 5.41 Å². The van der Waals surface area contributed by atoms with Crippen LogP contribution in [0.1, 0.15) is 34.1 Å². The van der Waals surface area contributed by atoms with Gasteiger partial charge >= 0.3 is 12.3 Å². The molecule has 0 spiro atoms. The summed E-state index contributed by atoms with van der Waals surface area (Å²) in [6.45, 7) is 5.24. The zero-order chi connectivity index (χ0) is 18.1. The van der Waals surface area contributed by atoms with E-state index < -0.39 is 48.2 Å². The van der Waals surface area contributed by atoms with Crippen LogP contribution in [0.4, 0.5) is 18.0 Å². The zero-order valence-electron chi connectivity index (χ0n) is 13.6. The minimum absolute atomic E-state index is 0.216. The molecule has 0 aromatic carbocycles. The van der Waals surface area contributed by atoms with E-state index in [-0.39, 0.29) is 6.54 Å². The van der Waals surface area contributed by atoms with E-state index in [2.05, 4.69) is 11.2 Å². The summed E-state index contributed by atoms with van der Waals surface area (Å²) < 4.78 is 45.6. The standard InChI is InChI=1S/C15H21F3N2O3/c1-6-10(2)19-11(21)14(15(16,17)18)7-8-20(9-14)12(22)23-13(3,4)5/h1,10H,7-9H2,2-5H3,(H,19,21)/t10-,14-/m1/s1. The maximum Gasteiger partial charge on any atom is 0.410 e. The Labute approximate surface area is 133 Å². The number of hydrogen-bond donors (Lipinski definition) is 1.